The molecule has 3 fully saturated rings. The van der Waals surface area contributed by atoms with Crippen molar-refractivity contribution in [2.45, 2.75) is 95.4 Å². The molecule has 3 saturated heterocycles. The smallest absolute Gasteiger partial charge is 0.319 e. The summed E-state index contributed by atoms with van der Waals surface area (Å²) in [5.74, 6) is 0.237. The molecule has 4 rings (SSSR count). The Morgan fingerprint density at radius 2 is 1.88 bits per heavy atom. The van der Waals surface area contributed by atoms with Gasteiger partial charge < -0.3 is 36.2 Å². The summed E-state index contributed by atoms with van der Waals surface area (Å²) in [7, 11) is 1.96. The van der Waals surface area contributed by atoms with E-state index in [1.54, 1.807) is 0 Å². The summed E-state index contributed by atoms with van der Waals surface area (Å²) in [5, 5.41) is 37.6. The van der Waals surface area contributed by atoms with Crippen molar-refractivity contribution in [3.63, 3.8) is 0 Å². The number of hydrogen-bond acceptors (Lipinski definition) is 10. The molecule has 0 bridgehead atoms. The molecule has 3 aliphatic rings. The van der Waals surface area contributed by atoms with Crippen LogP contribution in [0.3, 0.4) is 0 Å². The zero-order chi connectivity index (χ0) is 29.2. The molecule has 226 valence electrons. The second kappa shape index (κ2) is 13.0. The van der Waals surface area contributed by atoms with Crippen molar-refractivity contribution in [3.05, 3.63) is 29.8 Å². The van der Waals surface area contributed by atoms with Crippen molar-refractivity contribution < 1.29 is 19.7 Å². The third-order valence-corrected chi connectivity index (χ3v) is 8.35. The molecule has 3 heterocycles. The number of benzene rings is 1. The van der Waals surface area contributed by atoms with Gasteiger partial charge in [0.25, 0.3) is 0 Å². The Hall–Kier alpha value is -1.87. The summed E-state index contributed by atoms with van der Waals surface area (Å²) in [6, 6.07) is 7.66. The van der Waals surface area contributed by atoms with Gasteiger partial charge in [0, 0.05) is 24.9 Å². The number of rotatable bonds is 9. The molecule has 0 aliphatic carbocycles. The lowest BCUT2D eigenvalue weighted by atomic mass is 9.87. The minimum Gasteiger partial charge on any atom is -0.387 e. The Kier molecular flexibility index (Phi) is 10.1. The lowest BCUT2D eigenvalue weighted by Crippen LogP contribution is -2.68. The van der Waals surface area contributed by atoms with Crippen LogP contribution in [-0.4, -0.2) is 108 Å². The van der Waals surface area contributed by atoms with Crippen molar-refractivity contribution in [1.29, 1.82) is 0 Å². The number of nitrogens with two attached hydrogens (primary N) is 1. The zero-order valence-corrected chi connectivity index (χ0v) is 24.7. The molecule has 1 aromatic carbocycles. The fraction of sp³-hybridized carbons (Fsp3) is 0.750. The standard InChI is InChI=1S/C28H50N8O4/c1-16(2)19(34-27(39)33-18-9-7-17(8-10-18)28(3,4)5)11-12-35(6)13-20-22(37)23(38)26(40-20)36-15-32-21-24(29)30-14-31-25(21)36/h7-10,16,19-26,30-32,37-38H,11-15,29H2,1-6H3,(H2,33,34,39)/t19-,20-,21?,22-,23-,24?,25?,26-/m1/s1. The van der Waals surface area contributed by atoms with Crippen LogP contribution in [0.15, 0.2) is 24.3 Å². The molecule has 2 amide bonds. The van der Waals surface area contributed by atoms with Crippen LogP contribution in [0.5, 0.6) is 0 Å². The van der Waals surface area contributed by atoms with E-state index in [4.69, 9.17) is 10.5 Å². The highest BCUT2D eigenvalue weighted by Crippen LogP contribution is 2.29. The second-order valence-electron chi connectivity index (χ2n) is 12.8. The molecule has 0 saturated carbocycles. The minimum atomic E-state index is -1.03. The lowest BCUT2D eigenvalue weighted by molar-refractivity contribution is -0.106. The Morgan fingerprint density at radius 1 is 1.18 bits per heavy atom. The van der Waals surface area contributed by atoms with Gasteiger partial charge in [0.15, 0.2) is 0 Å². The summed E-state index contributed by atoms with van der Waals surface area (Å²) in [6.07, 6.45) is -2.78. The number of likely N-dealkylation sites (N-methyl/N-ethyl adjacent to an activating group) is 1. The minimum absolute atomic E-state index is 0.0241. The van der Waals surface area contributed by atoms with Gasteiger partial charge in [-0.1, -0.05) is 46.8 Å². The van der Waals surface area contributed by atoms with Crippen LogP contribution >= 0.6 is 0 Å². The summed E-state index contributed by atoms with van der Waals surface area (Å²) < 4.78 is 6.20. The third-order valence-electron chi connectivity index (χ3n) is 8.35. The number of aliphatic hydroxyl groups is 2. The summed E-state index contributed by atoms with van der Waals surface area (Å²) in [6.45, 7) is 12.9. The van der Waals surface area contributed by atoms with Crippen molar-refractivity contribution in [2.24, 2.45) is 11.7 Å². The highest BCUT2D eigenvalue weighted by Gasteiger charge is 2.51. The van der Waals surface area contributed by atoms with Crippen LogP contribution in [0.1, 0.15) is 46.6 Å². The number of hydrogen-bond donors (Lipinski definition) is 8. The van der Waals surface area contributed by atoms with Crippen molar-refractivity contribution in [1.82, 2.24) is 31.1 Å². The van der Waals surface area contributed by atoms with Gasteiger partial charge >= 0.3 is 6.03 Å². The number of amides is 2. The van der Waals surface area contributed by atoms with E-state index in [0.717, 1.165) is 12.1 Å². The van der Waals surface area contributed by atoms with Crippen molar-refractivity contribution in [3.8, 4) is 0 Å². The van der Waals surface area contributed by atoms with Gasteiger partial charge in [0.05, 0.1) is 25.0 Å². The molecular weight excluding hydrogens is 512 g/mol. The van der Waals surface area contributed by atoms with E-state index in [0.29, 0.717) is 26.4 Å². The van der Waals surface area contributed by atoms with Gasteiger partial charge in [-0.25, -0.2) is 9.69 Å². The molecule has 12 heteroatoms. The third kappa shape index (κ3) is 7.30. The van der Waals surface area contributed by atoms with Gasteiger partial charge in [-0.2, -0.15) is 0 Å². The quantitative estimate of drug-likeness (QED) is 0.204. The molecule has 8 atom stereocenters. The first-order valence-corrected chi connectivity index (χ1v) is 14.4. The average molecular weight is 563 g/mol. The predicted octanol–water partition coefficient (Wildman–Crippen LogP) is -0.109. The fourth-order valence-corrected chi connectivity index (χ4v) is 5.72. The summed E-state index contributed by atoms with van der Waals surface area (Å²) in [5.41, 5.74) is 8.20. The topological polar surface area (TPSA) is 159 Å². The van der Waals surface area contributed by atoms with E-state index < -0.39 is 24.5 Å². The van der Waals surface area contributed by atoms with Crippen molar-refractivity contribution >= 4 is 11.7 Å². The molecule has 9 N–H and O–H groups in total. The maximum atomic E-state index is 12.8. The van der Waals surface area contributed by atoms with Gasteiger partial charge in [-0.3, -0.25) is 16.0 Å². The van der Waals surface area contributed by atoms with Gasteiger partial charge in [0.2, 0.25) is 0 Å². The number of fused-ring (bicyclic) bond motifs is 1. The maximum absolute atomic E-state index is 12.8. The highest BCUT2D eigenvalue weighted by atomic mass is 16.6. The van der Waals surface area contributed by atoms with Gasteiger partial charge in [-0.15, -0.1) is 0 Å². The molecule has 3 unspecified atom stereocenters. The predicted molar refractivity (Wildman–Crippen MR) is 155 cm³/mol. The monoisotopic (exact) mass is 562 g/mol. The molecule has 3 aliphatic heterocycles. The fourth-order valence-electron chi connectivity index (χ4n) is 5.72. The van der Waals surface area contributed by atoms with Crippen LogP contribution in [0.25, 0.3) is 0 Å². The van der Waals surface area contributed by atoms with Crippen LogP contribution in [0.4, 0.5) is 10.5 Å². The number of aliphatic hydroxyl groups excluding tert-OH is 2. The number of urea groups is 1. The van der Waals surface area contributed by atoms with Crippen LogP contribution in [0, 0.1) is 5.92 Å². The number of nitrogens with one attached hydrogen (secondary N) is 5. The first kappa shape index (κ1) is 31.1. The largest absolute Gasteiger partial charge is 0.387 e. The second-order valence-corrected chi connectivity index (χ2v) is 12.8. The number of carbonyl (C=O) groups is 1. The SMILES string of the molecule is CC(C)[C@@H](CCN(C)C[C@H]1O[C@@H](N2CNC3C(N)NCNC32)[C@H](O)[C@@H]1O)NC(=O)Nc1ccc(C(C)(C)C)cc1. The Morgan fingerprint density at radius 3 is 2.52 bits per heavy atom. The first-order chi connectivity index (χ1) is 18.8. The highest BCUT2D eigenvalue weighted by molar-refractivity contribution is 5.89. The Labute approximate surface area is 238 Å². The lowest BCUT2D eigenvalue weighted by Gasteiger charge is -2.38. The number of anilines is 1. The van der Waals surface area contributed by atoms with E-state index in [-0.39, 0.29) is 41.8 Å². The first-order valence-electron chi connectivity index (χ1n) is 14.4. The average Bonchev–Trinajstić information content (AvgIpc) is 3.43. The van der Waals surface area contributed by atoms with E-state index in [2.05, 4.69) is 66.1 Å². The summed E-state index contributed by atoms with van der Waals surface area (Å²) >= 11 is 0. The molecule has 0 radical (unpaired) electrons. The van der Waals surface area contributed by atoms with E-state index >= 15 is 0 Å². The van der Waals surface area contributed by atoms with Crippen LogP contribution < -0.4 is 32.3 Å². The van der Waals surface area contributed by atoms with E-state index in [1.807, 2.05) is 36.2 Å². The normalized spacial score (nSPS) is 31.9. The number of carbonyl (C=O) groups excluding carboxylic acids is 1. The number of nitrogens with zero attached hydrogens (tertiary/aromatic N) is 2. The molecule has 12 nitrogen and oxygen atoms in total. The number of ether oxygens (including phenoxy) is 1. The Bertz CT molecular complexity index is 974. The van der Waals surface area contributed by atoms with Crippen LogP contribution in [0.2, 0.25) is 0 Å². The molecule has 1 aromatic rings. The van der Waals surface area contributed by atoms with E-state index in [1.165, 1.54) is 5.56 Å². The van der Waals surface area contributed by atoms with Gasteiger partial charge in [0.1, 0.15) is 24.5 Å². The van der Waals surface area contributed by atoms with Crippen molar-refractivity contribution in [2.75, 3.05) is 38.8 Å². The van der Waals surface area contributed by atoms with Gasteiger partial charge in [-0.05, 0) is 49.0 Å². The maximum Gasteiger partial charge on any atom is 0.319 e. The Balaban J connectivity index is 1.25. The molecule has 0 spiro atoms. The molecule has 0 aromatic heterocycles. The van der Waals surface area contributed by atoms with Crippen LogP contribution in [-0.2, 0) is 10.2 Å². The summed E-state index contributed by atoms with van der Waals surface area (Å²) in [4.78, 5) is 16.8. The molecule has 40 heavy (non-hydrogen) atoms. The molecular formula is C28H50N8O4. The van der Waals surface area contributed by atoms with E-state index in [9.17, 15) is 15.0 Å². The zero-order valence-electron chi connectivity index (χ0n) is 24.7.